The van der Waals surface area contributed by atoms with E-state index in [1.54, 1.807) is 26.4 Å². The zero-order valence-corrected chi connectivity index (χ0v) is 37.5. The smallest absolute Gasteiger partial charge is 0.204 e. The fourth-order valence-electron chi connectivity index (χ4n) is 4.27. The van der Waals surface area contributed by atoms with Crippen LogP contribution in [0.2, 0.25) is 36.3 Å². The molecule has 5 heterocycles. The van der Waals surface area contributed by atoms with E-state index in [0.717, 1.165) is 26.6 Å². The molecule has 0 fully saturated rings. The molecule has 55 heavy (non-hydrogen) atoms. The van der Waals surface area contributed by atoms with E-state index in [9.17, 15) is 5.26 Å². The molecular formula is C36H53N11O4S2Si2. The van der Waals surface area contributed by atoms with Crippen molar-refractivity contribution in [2.45, 2.75) is 104 Å². The first kappa shape index (κ1) is 43.7. The van der Waals surface area contributed by atoms with Crippen molar-refractivity contribution in [1.29, 1.82) is 5.26 Å². The lowest BCUT2D eigenvalue weighted by atomic mass is 10.2. The number of nitriles is 1. The summed E-state index contributed by atoms with van der Waals surface area (Å²) in [7, 11) is -0.508. The molecule has 0 aliphatic heterocycles. The second-order valence-corrected chi connectivity index (χ2v) is 27.1. The zero-order chi connectivity index (χ0) is 40.4. The summed E-state index contributed by atoms with van der Waals surface area (Å²) >= 11 is 3.01. The van der Waals surface area contributed by atoms with Gasteiger partial charge in [-0.25, -0.2) is 20.0 Å². The molecule has 0 aliphatic rings. The van der Waals surface area contributed by atoms with Gasteiger partial charge in [0.2, 0.25) is 5.82 Å². The molecule has 5 aromatic heterocycles. The third-order valence-corrected chi connectivity index (χ3v) is 20.1. The molecule has 0 atom stereocenters. The van der Waals surface area contributed by atoms with Crippen LogP contribution in [0.25, 0.3) is 11.4 Å². The first-order valence-corrected chi connectivity index (χ1v) is 25.2. The number of tetrazole rings is 1. The Hall–Kier alpha value is -4.01. The van der Waals surface area contributed by atoms with Crippen LogP contribution in [0.4, 0.5) is 11.6 Å². The topological polar surface area (TPSA) is 176 Å². The molecule has 0 aromatic carbocycles. The molecule has 0 radical (unpaired) electrons. The Bertz CT molecular complexity index is 2170. The third-order valence-electron chi connectivity index (χ3n) is 9.51. The van der Waals surface area contributed by atoms with Crippen LogP contribution in [0, 0.1) is 11.3 Å². The number of thiazole rings is 2. The summed E-state index contributed by atoms with van der Waals surface area (Å²) in [4.78, 5) is 20.1. The Morgan fingerprint density at radius 2 is 1.25 bits per heavy atom. The lowest BCUT2D eigenvalue weighted by molar-refractivity contribution is 0.129. The van der Waals surface area contributed by atoms with Crippen molar-refractivity contribution in [3.63, 3.8) is 0 Å². The van der Waals surface area contributed by atoms with Crippen LogP contribution in [-0.4, -0.2) is 70.6 Å². The summed E-state index contributed by atoms with van der Waals surface area (Å²) in [5.74, 6) is 1.56. The van der Waals surface area contributed by atoms with Crippen LogP contribution in [0.1, 0.15) is 58.5 Å². The van der Waals surface area contributed by atoms with Crippen molar-refractivity contribution in [3.05, 3.63) is 74.0 Å². The van der Waals surface area contributed by atoms with Crippen molar-refractivity contribution in [2.24, 2.45) is 9.98 Å². The van der Waals surface area contributed by atoms with Gasteiger partial charge in [-0.3, -0.25) is 9.13 Å². The molecule has 19 heteroatoms. The Balaban J connectivity index is 0.000000246. The van der Waals surface area contributed by atoms with Gasteiger partial charge in [-0.1, -0.05) is 41.5 Å². The molecule has 0 bridgehead atoms. The molecule has 0 spiro atoms. The summed E-state index contributed by atoms with van der Waals surface area (Å²) in [5.41, 5.74) is 2.83. The number of hydrogen-bond acceptors (Lipinski definition) is 14. The highest BCUT2D eigenvalue weighted by Crippen LogP contribution is 2.38. The highest BCUT2D eigenvalue weighted by molar-refractivity contribution is 7.07. The van der Waals surface area contributed by atoms with Gasteiger partial charge in [0.25, 0.3) is 0 Å². The lowest BCUT2D eigenvalue weighted by Gasteiger charge is -2.36. The number of hydrogen-bond donors (Lipinski definition) is 1. The van der Waals surface area contributed by atoms with E-state index >= 15 is 0 Å². The summed E-state index contributed by atoms with van der Waals surface area (Å²) in [6.07, 6.45) is 3.83. The van der Waals surface area contributed by atoms with Gasteiger partial charge in [0.1, 0.15) is 13.5 Å². The highest BCUT2D eigenvalue weighted by atomic mass is 32.1. The number of aromatic nitrogens is 8. The maximum Gasteiger partial charge on any atom is 0.204 e. The molecule has 0 saturated carbocycles. The zero-order valence-electron chi connectivity index (χ0n) is 33.9. The number of rotatable bonds is 13. The molecule has 15 nitrogen and oxygen atoms in total. The fraction of sp³-hybridized carbons (Fsp3) is 0.500. The van der Waals surface area contributed by atoms with Gasteiger partial charge in [-0.05, 0) is 59.7 Å². The van der Waals surface area contributed by atoms with E-state index in [-0.39, 0.29) is 10.1 Å². The number of aromatic amines is 1. The minimum Gasteiger partial charge on any atom is -0.411 e. The van der Waals surface area contributed by atoms with Gasteiger partial charge >= 0.3 is 0 Å². The van der Waals surface area contributed by atoms with Crippen molar-refractivity contribution in [3.8, 4) is 17.5 Å². The number of methoxy groups -OCH3 is 2. The molecule has 0 amide bonds. The number of ether oxygens (including phenoxy) is 2. The monoisotopic (exact) mass is 823 g/mol. The minimum atomic E-state index is -1.91. The van der Waals surface area contributed by atoms with E-state index in [4.69, 9.17) is 28.3 Å². The van der Waals surface area contributed by atoms with Gasteiger partial charge in [-0.2, -0.15) is 10.5 Å². The SMILES string of the molecule is COCn1ccsc1=Nc1cc(-c2nn[nH]n2)cc(CO[Si](C)(C)C(C)(C)C)n1.COCn1ccsc1=Nc1cc(C#N)cc(CO[Si](C)(C)C(C)(C)C)n1. The molecule has 5 rings (SSSR count). The Morgan fingerprint density at radius 1 is 0.764 bits per heavy atom. The number of pyridine rings is 2. The van der Waals surface area contributed by atoms with Gasteiger partial charge in [-0.15, -0.1) is 32.9 Å². The molecular weight excluding hydrogens is 771 g/mol. The van der Waals surface area contributed by atoms with Crippen molar-refractivity contribution in [1.82, 2.24) is 39.7 Å². The van der Waals surface area contributed by atoms with Crippen LogP contribution < -0.4 is 9.60 Å². The van der Waals surface area contributed by atoms with Gasteiger partial charge in [0.05, 0.1) is 36.2 Å². The quantitative estimate of drug-likeness (QED) is 0.116. The molecule has 0 unspecified atom stereocenters. The van der Waals surface area contributed by atoms with Crippen molar-refractivity contribution >= 4 is 50.9 Å². The lowest BCUT2D eigenvalue weighted by Crippen LogP contribution is -2.40. The normalized spacial score (nSPS) is 13.1. The summed E-state index contributed by atoms with van der Waals surface area (Å²) in [6.45, 7) is 23.7. The van der Waals surface area contributed by atoms with E-state index in [0.29, 0.717) is 49.7 Å². The maximum atomic E-state index is 9.33. The number of nitrogens with zero attached hydrogens (tertiary/aromatic N) is 10. The Kier molecular flexibility index (Phi) is 14.9. The minimum absolute atomic E-state index is 0.119. The van der Waals surface area contributed by atoms with Crippen LogP contribution in [0.3, 0.4) is 0 Å². The molecule has 0 aliphatic carbocycles. The predicted octanol–water partition coefficient (Wildman–Crippen LogP) is 7.66. The van der Waals surface area contributed by atoms with Crippen molar-refractivity contribution < 1.29 is 18.3 Å². The van der Waals surface area contributed by atoms with E-state index in [2.05, 4.69) is 104 Å². The van der Waals surface area contributed by atoms with Crippen LogP contribution in [0.15, 0.2) is 57.4 Å². The highest BCUT2D eigenvalue weighted by Gasteiger charge is 2.38. The maximum absolute atomic E-state index is 9.33. The average Bonchev–Trinajstić information content (AvgIpc) is 3.90. The number of H-pyrrole nitrogens is 1. The second kappa shape index (κ2) is 18.8. The van der Waals surface area contributed by atoms with E-state index in [1.807, 2.05) is 44.4 Å². The summed E-state index contributed by atoms with van der Waals surface area (Å²) in [6, 6.07) is 9.41. The van der Waals surface area contributed by atoms with Gasteiger partial charge in [0, 0.05) is 49.0 Å². The van der Waals surface area contributed by atoms with Gasteiger partial charge in [0.15, 0.2) is 37.9 Å². The average molecular weight is 824 g/mol. The van der Waals surface area contributed by atoms with Crippen LogP contribution in [0.5, 0.6) is 0 Å². The first-order chi connectivity index (χ1) is 25.9. The molecule has 1 N–H and O–H groups in total. The van der Waals surface area contributed by atoms with E-state index in [1.165, 1.54) is 22.7 Å². The molecule has 5 aromatic rings. The molecule has 296 valence electrons. The predicted molar refractivity (Wildman–Crippen MR) is 219 cm³/mol. The Morgan fingerprint density at radius 3 is 1.69 bits per heavy atom. The van der Waals surface area contributed by atoms with Crippen LogP contribution >= 0.6 is 22.7 Å². The first-order valence-electron chi connectivity index (χ1n) is 17.6. The third kappa shape index (κ3) is 12.2. The summed E-state index contributed by atoms with van der Waals surface area (Å²) < 4.78 is 26.8. The Labute approximate surface area is 333 Å². The number of nitrogens with one attached hydrogen (secondary N) is 1. The standard InChI is InChI=1S/C18H27N7O2SSi.C18H26N4O2SSi/c1-18(2,3)29(5,6)27-11-14-9-13(16-21-23-24-22-16)10-15(19-14)20-17-25(12-26-4)7-8-28-17;1-18(2,3)26(5,6)24-12-15-9-14(11-19)10-16(20-15)21-17-22(13-23-4)7-8-25-17/h7-10H,11-12H2,1-6H3,(H,21,22,23,24);7-10H,12-13H2,1-6H3. The molecule has 0 saturated heterocycles. The fourth-order valence-corrected chi connectivity index (χ4v) is 7.60. The largest absolute Gasteiger partial charge is 0.411 e. The summed E-state index contributed by atoms with van der Waals surface area (Å²) in [5, 5.41) is 27.8. The second-order valence-electron chi connectivity index (χ2n) is 15.7. The van der Waals surface area contributed by atoms with Crippen LogP contribution in [-0.2, 0) is 45.0 Å². The van der Waals surface area contributed by atoms with E-state index < -0.39 is 16.6 Å². The van der Waals surface area contributed by atoms with Crippen molar-refractivity contribution in [2.75, 3.05) is 14.2 Å². The van der Waals surface area contributed by atoms with Gasteiger partial charge < -0.3 is 18.3 Å².